The Hall–Kier alpha value is -0.180. The van der Waals surface area contributed by atoms with E-state index in [1.54, 1.807) is 0 Å². The van der Waals surface area contributed by atoms with Gasteiger partial charge in [0.25, 0.3) is 0 Å². The number of amides is 1. The van der Waals surface area contributed by atoms with Crippen molar-refractivity contribution in [2.45, 2.75) is 19.8 Å². The number of hydrogen-bond donors (Lipinski definition) is 2. The number of nitrogens with one attached hydrogen (secondary N) is 1. The van der Waals surface area contributed by atoms with Gasteiger partial charge in [0.15, 0.2) is 0 Å². The van der Waals surface area contributed by atoms with E-state index < -0.39 is 0 Å². The molecule has 0 aromatic carbocycles. The second-order valence-electron chi connectivity index (χ2n) is 3.28. The van der Waals surface area contributed by atoms with Crippen molar-refractivity contribution in [3.63, 3.8) is 0 Å². The first-order valence-corrected chi connectivity index (χ1v) is 4.75. The van der Waals surface area contributed by atoms with Gasteiger partial charge >= 0.3 is 0 Å². The highest BCUT2D eigenvalue weighted by Gasteiger charge is 2.27. The third-order valence-corrected chi connectivity index (χ3v) is 2.48. The lowest BCUT2D eigenvalue weighted by Crippen LogP contribution is -2.29. The van der Waals surface area contributed by atoms with E-state index in [0.717, 1.165) is 12.5 Å². The summed E-state index contributed by atoms with van der Waals surface area (Å²) in [6.45, 7) is 3.01. The Labute approximate surface area is 73.2 Å². The molecule has 1 amide bonds. The predicted octanol–water partition coefficient (Wildman–Crippen LogP) is 1.08. The average Bonchev–Trinajstić information content (AvgIpc) is 2.81. The van der Waals surface area contributed by atoms with Crippen LogP contribution in [0.25, 0.3) is 0 Å². The van der Waals surface area contributed by atoms with Crippen molar-refractivity contribution >= 4 is 18.5 Å². The molecular weight excluding hydrogens is 158 g/mol. The Balaban J connectivity index is 2.05. The van der Waals surface area contributed by atoms with Gasteiger partial charge < -0.3 is 5.32 Å². The first kappa shape index (κ1) is 8.91. The van der Waals surface area contributed by atoms with Gasteiger partial charge in [-0.15, -0.1) is 0 Å². The minimum Gasteiger partial charge on any atom is -0.355 e. The highest BCUT2D eigenvalue weighted by Crippen LogP contribution is 2.35. The molecule has 1 unspecified atom stereocenters. The van der Waals surface area contributed by atoms with Crippen molar-refractivity contribution in [2.24, 2.45) is 11.8 Å². The Morgan fingerprint density at radius 3 is 2.82 bits per heavy atom. The standard InChI is InChI=1S/C8H15NOS/c1-6(7-2-3-7)4-9-8(10)5-11/h6-7,11H,2-5H2,1H3,(H,9,10). The topological polar surface area (TPSA) is 29.1 Å². The van der Waals surface area contributed by atoms with E-state index >= 15 is 0 Å². The Bertz CT molecular complexity index is 145. The van der Waals surface area contributed by atoms with Gasteiger partial charge in [-0.05, 0) is 24.7 Å². The van der Waals surface area contributed by atoms with E-state index in [2.05, 4.69) is 24.9 Å². The van der Waals surface area contributed by atoms with E-state index in [-0.39, 0.29) is 5.91 Å². The summed E-state index contributed by atoms with van der Waals surface area (Å²) < 4.78 is 0. The molecule has 1 aliphatic rings. The number of hydrogen-bond acceptors (Lipinski definition) is 2. The van der Waals surface area contributed by atoms with Gasteiger partial charge in [0.05, 0.1) is 5.75 Å². The molecule has 0 saturated heterocycles. The monoisotopic (exact) mass is 173 g/mol. The molecule has 3 heteroatoms. The molecule has 0 aromatic rings. The molecular formula is C8H15NOS. The van der Waals surface area contributed by atoms with Crippen molar-refractivity contribution in [1.82, 2.24) is 5.32 Å². The molecule has 1 N–H and O–H groups in total. The fourth-order valence-electron chi connectivity index (χ4n) is 1.16. The molecule has 64 valence electrons. The lowest BCUT2D eigenvalue weighted by molar-refractivity contribution is -0.118. The minimum atomic E-state index is 0.0424. The normalized spacial score (nSPS) is 19.5. The summed E-state index contributed by atoms with van der Waals surface area (Å²) in [5, 5.41) is 2.84. The van der Waals surface area contributed by atoms with Crippen molar-refractivity contribution in [2.75, 3.05) is 12.3 Å². The van der Waals surface area contributed by atoms with E-state index in [4.69, 9.17) is 0 Å². The summed E-state index contributed by atoms with van der Waals surface area (Å²) in [6, 6.07) is 0. The fraction of sp³-hybridized carbons (Fsp3) is 0.875. The first-order chi connectivity index (χ1) is 5.24. The van der Waals surface area contributed by atoms with Crippen LogP contribution >= 0.6 is 12.6 Å². The summed E-state index contributed by atoms with van der Waals surface area (Å²) in [7, 11) is 0. The molecule has 0 aliphatic heterocycles. The average molecular weight is 173 g/mol. The molecule has 1 rings (SSSR count). The third-order valence-electron chi connectivity index (χ3n) is 2.19. The van der Waals surface area contributed by atoms with Gasteiger partial charge in [0.2, 0.25) is 5.91 Å². The molecule has 1 fully saturated rings. The fourth-order valence-corrected chi connectivity index (χ4v) is 1.27. The van der Waals surface area contributed by atoms with Crippen LogP contribution in [-0.2, 0) is 4.79 Å². The number of carbonyl (C=O) groups excluding carboxylic acids is 1. The summed E-state index contributed by atoms with van der Waals surface area (Å²) in [4.78, 5) is 10.8. The number of carbonyl (C=O) groups is 1. The highest BCUT2D eigenvalue weighted by molar-refractivity contribution is 7.81. The van der Waals surface area contributed by atoms with E-state index in [9.17, 15) is 4.79 Å². The summed E-state index contributed by atoms with van der Waals surface area (Å²) >= 11 is 3.87. The van der Waals surface area contributed by atoms with Crippen LogP contribution in [0.2, 0.25) is 0 Å². The largest absolute Gasteiger partial charge is 0.355 e. The molecule has 2 nitrogen and oxygen atoms in total. The second kappa shape index (κ2) is 4.00. The van der Waals surface area contributed by atoms with Crippen LogP contribution in [0, 0.1) is 11.8 Å². The second-order valence-corrected chi connectivity index (χ2v) is 3.59. The Kier molecular flexibility index (Phi) is 3.24. The van der Waals surface area contributed by atoms with Crippen molar-refractivity contribution < 1.29 is 4.79 Å². The number of rotatable bonds is 4. The third kappa shape index (κ3) is 3.14. The van der Waals surface area contributed by atoms with Crippen LogP contribution < -0.4 is 5.32 Å². The van der Waals surface area contributed by atoms with Crippen LogP contribution in [0.3, 0.4) is 0 Å². The first-order valence-electron chi connectivity index (χ1n) is 4.11. The maximum absolute atomic E-state index is 10.8. The summed E-state index contributed by atoms with van der Waals surface area (Å²) in [6.07, 6.45) is 2.69. The zero-order chi connectivity index (χ0) is 8.27. The summed E-state index contributed by atoms with van der Waals surface area (Å²) in [5.41, 5.74) is 0. The number of thiol groups is 1. The van der Waals surface area contributed by atoms with Gasteiger partial charge in [-0.1, -0.05) is 6.92 Å². The Morgan fingerprint density at radius 2 is 2.36 bits per heavy atom. The van der Waals surface area contributed by atoms with Crippen LogP contribution in [0.5, 0.6) is 0 Å². The van der Waals surface area contributed by atoms with Crippen molar-refractivity contribution in [1.29, 1.82) is 0 Å². The lowest BCUT2D eigenvalue weighted by Gasteiger charge is -2.09. The molecule has 1 aliphatic carbocycles. The van der Waals surface area contributed by atoms with E-state index in [1.165, 1.54) is 12.8 Å². The van der Waals surface area contributed by atoms with Crippen LogP contribution in [0.1, 0.15) is 19.8 Å². The van der Waals surface area contributed by atoms with E-state index in [0.29, 0.717) is 11.7 Å². The molecule has 0 spiro atoms. The van der Waals surface area contributed by atoms with Gasteiger partial charge in [-0.2, -0.15) is 12.6 Å². The highest BCUT2D eigenvalue weighted by atomic mass is 32.1. The van der Waals surface area contributed by atoms with Gasteiger partial charge in [0, 0.05) is 6.54 Å². The van der Waals surface area contributed by atoms with Crippen molar-refractivity contribution in [3.05, 3.63) is 0 Å². The van der Waals surface area contributed by atoms with Gasteiger partial charge in [0.1, 0.15) is 0 Å². The molecule has 0 bridgehead atoms. The maximum Gasteiger partial charge on any atom is 0.229 e. The smallest absolute Gasteiger partial charge is 0.229 e. The van der Waals surface area contributed by atoms with Gasteiger partial charge in [-0.25, -0.2) is 0 Å². The minimum absolute atomic E-state index is 0.0424. The molecule has 0 aromatic heterocycles. The van der Waals surface area contributed by atoms with Crippen LogP contribution in [0.4, 0.5) is 0 Å². The molecule has 1 saturated carbocycles. The summed E-state index contributed by atoms with van der Waals surface area (Å²) in [5.74, 6) is 1.87. The maximum atomic E-state index is 10.8. The zero-order valence-electron chi connectivity index (χ0n) is 6.84. The van der Waals surface area contributed by atoms with Crippen molar-refractivity contribution in [3.8, 4) is 0 Å². The molecule has 0 radical (unpaired) electrons. The molecule has 11 heavy (non-hydrogen) atoms. The van der Waals surface area contributed by atoms with Gasteiger partial charge in [-0.3, -0.25) is 4.79 Å². The molecule has 1 atom stereocenters. The SMILES string of the molecule is CC(CNC(=O)CS)C1CC1. The zero-order valence-corrected chi connectivity index (χ0v) is 7.73. The van der Waals surface area contributed by atoms with Crippen LogP contribution in [-0.4, -0.2) is 18.2 Å². The predicted molar refractivity (Wildman–Crippen MR) is 48.8 cm³/mol. The molecule has 0 heterocycles. The van der Waals surface area contributed by atoms with E-state index in [1.807, 2.05) is 0 Å². The Morgan fingerprint density at radius 1 is 1.73 bits per heavy atom. The van der Waals surface area contributed by atoms with Crippen LogP contribution in [0.15, 0.2) is 0 Å². The quantitative estimate of drug-likeness (QED) is 0.612. The lowest BCUT2D eigenvalue weighted by atomic mass is 10.1.